The molecule has 1 fully saturated rings. The van der Waals surface area contributed by atoms with Crippen molar-refractivity contribution in [2.45, 2.75) is 31.6 Å². The summed E-state index contributed by atoms with van der Waals surface area (Å²) in [5.41, 5.74) is 6.45. The first-order valence-electron chi connectivity index (χ1n) is 5.87. The van der Waals surface area contributed by atoms with Crippen molar-refractivity contribution in [3.05, 3.63) is 35.4 Å². The van der Waals surface area contributed by atoms with E-state index in [4.69, 9.17) is 5.73 Å². The minimum atomic E-state index is -0.508. The summed E-state index contributed by atoms with van der Waals surface area (Å²) in [6.45, 7) is 0.466. The molecule has 1 unspecified atom stereocenters. The standard InChI is InChI=1S/C13H17F2N/c14-11-5-10(6-12(15)7-11)13(8-16)9-3-1-2-4-9/h5-7,9,13H,1-4,8,16H2. The number of nitrogens with two attached hydrogens (primary N) is 1. The van der Waals surface area contributed by atoms with Crippen LogP contribution in [0.25, 0.3) is 0 Å². The predicted molar refractivity (Wildman–Crippen MR) is 60.1 cm³/mol. The first-order valence-corrected chi connectivity index (χ1v) is 5.87. The summed E-state index contributed by atoms with van der Waals surface area (Å²) in [4.78, 5) is 0. The van der Waals surface area contributed by atoms with E-state index in [1.165, 1.54) is 25.0 Å². The Bertz CT molecular complexity index is 339. The van der Waals surface area contributed by atoms with E-state index in [1.54, 1.807) is 0 Å². The van der Waals surface area contributed by atoms with Crippen molar-refractivity contribution in [1.29, 1.82) is 0 Å². The van der Waals surface area contributed by atoms with Gasteiger partial charge in [0.15, 0.2) is 0 Å². The normalized spacial score (nSPS) is 18.9. The summed E-state index contributed by atoms with van der Waals surface area (Å²) >= 11 is 0. The van der Waals surface area contributed by atoms with Crippen molar-refractivity contribution in [1.82, 2.24) is 0 Å². The lowest BCUT2D eigenvalue weighted by Gasteiger charge is -2.22. The van der Waals surface area contributed by atoms with Crippen molar-refractivity contribution >= 4 is 0 Å². The zero-order valence-corrected chi connectivity index (χ0v) is 9.26. The average molecular weight is 225 g/mol. The third kappa shape index (κ3) is 2.40. The second-order valence-corrected chi connectivity index (χ2v) is 4.59. The topological polar surface area (TPSA) is 26.0 Å². The van der Waals surface area contributed by atoms with Crippen molar-refractivity contribution in [2.24, 2.45) is 11.7 Å². The second kappa shape index (κ2) is 4.91. The number of halogens is 2. The van der Waals surface area contributed by atoms with Crippen LogP contribution in [0.1, 0.15) is 37.2 Å². The van der Waals surface area contributed by atoms with E-state index in [1.807, 2.05) is 0 Å². The summed E-state index contributed by atoms with van der Waals surface area (Å²) in [5, 5.41) is 0. The SMILES string of the molecule is NCC(c1cc(F)cc(F)c1)C1CCCC1. The Hall–Kier alpha value is -0.960. The molecule has 3 heteroatoms. The lowest BCUT2D eigenvalue weighted by Crippen LogP contribution is -2.20. The monoisotopic (exact) mass is 225 g/mol. The molecule has 0 aliphatic heterocycles. The largest absolute Gasteiger partial charge is 0.330 e. The molecule has 0 spiro atoms. The third-order valence-corrected chi connectivity index (χ3v) is 3.54. The first-order chi connectivity index (χ1) is 7.70. The molecule has 1 atom stereocenters. The third-order valence-electron chi connectivity index (χ3n) is 3.54. The van der Waals surface area contributed by atoms with Crippen LogP contribution in [-0.4, -0.2) is 6.54 Å². The molecule has 88 valence electrons. The summed E-state index contributed by atoms with van der Waals surface area (Å²) < 4.78 is 26.3. The molecule has 0 amide bonds. The molecule has 0 aromatic heterocycles. The Morgan fingerprint density at radius 1 is 1.12 bits per heavy atom. The van der Waals surface area contributed by atoms with Crippen LogP contribution in [-0.2, 0) is 0 Å². The Labute approximate surface area is 94.7 Å². The molecule has 2 rings (SSSR count). The second-order valence-electron chi connectivity index (χ2n) is 4.59. The van der Waals surface area contributed by atoms with Crippen LogP contribution in [0.2, 0.25) is 0 Å². The molecule has 16 heavy (non-hydrogen) atoms. The van der Waals surface area contributed by atoms with Gasteiger partial charge in [-0.3, -0.25) is 0 Å². The van der Waals surface area contributed by atoms with E-state index in [9.17, 15) is 8.78 Å². The van der Waals surface area contributed by atoms with Crippen LogP contribution in [0.5, 0.6) is 0 Å². The van der Waals surface area contributed by atoms with Gasteiger partial charge in [0.1, 0.15) is 11.6 Å². The van der Waals surface area contributed by atoms with Gasteiger partial charge in [0.05, 0.1) is 0 Å². The number of rotatable bonds is 3. The summed E-state index contributed by atoms with van der Waals surface area (Å²) in [7, 11) is 0. The van der Waals surface area contributed by atoms with E-state index >= 15 is 0 Å². The molecule has 1 aromatic rings. The number of hydrogen-bond acceptors (Lipinski definition) is 1. The maximum Gasteiger partial charge on any atom is 0.126 e. The van der Waals surface area contributed by atoms with E-state index < -0.39 is 11.6 Å². The summed E-state index contributed by atoms with van der Waals surface area (Å²) in [6.07, 6.45) is 4.66. The Kier molecular flexibility index (Phi) is 3.54. The van der Waals surface area contributed by atoms with Gasteiger partial charge in [0.25, 0.3) is 0 Å². The molecular formula is C13H17F2N. The van der Waals surface area contributed by atoms with Crippen molar-refractivity contribution in [2.75, 3.05) is 6.54 Å². The Morgan fingerprint density at radius 2 is 1.69 bits per heavy atom. The lowest BCUT2D eigenvalue weighted by molar-refractivity contribution is 0.436. The molecule has 0 heterocycles. The van der Waals surface area contributed by atoms with Crippen LogP contribution in [0.4, 0.5) is 8.78 Å². The van der Waals surface area contributed by atoms with Gasteiger partial charge in [0.2, 0.25) is 0 Å². The quantitative estimate of drug-likeness (QED) is 0.840. The van der Waals surface area contributed by atoms with Gasteiger partial charge >= 0.3 is 0 Å². The fourth-order valence-electron chi connectivity index (χ4n) is 2.75. The van der Waals surface area contributed by atoms with Gasteiger partial charge in [0, 0.05) is 6.07 Å². The van der Waals surface area contributed by atoms with Crippen molar-refractivity contribution in [3.63, 3.8) is 0 Å². The van der Waals surface area contributed by atoms with E-state index in [-0.39, 0.29) is 5.92 Å². The highest BCUT2D eigenvalue weighted by Crippen LogP contribution is 2.37. The number of hydrogen-bond donors (Lipinski definition) is 1. The minimum absolute atomic E-state index is 0.104. The molecule has 0 saturated heterocycles. The minimum Gasteiger partial charge on any atom is -0.330 e. The van der Waals surface area contributed by atoms with Gasteiger partial charge < -0.3 is 5.73 Å². The number of benzene rings is 1. The van der Waals surface area contributed by atoms with E-state index in [2.05, 4.69) is 0 Å². The van der Waals surface area contributed by atoms with Crippen LogP contribution in [0.15, 0.2) is 18.2 Å². The van der Waals surface area contributed by atoms with E-state index in [0.29, 0.717) is 18.0 Å². The van der Waals surface area contributed by atoms with Crippen LogP contribution < -0.4 is 5.73 Å². The van der Waals surface area contributed by atoms with Crippen molar-refractivity contribution < 1.29 is 8.78 Å². The smallest absolute Gasteiger partial charge is 0.126 e. The molecule has 1 aliphatic rings. The van der Waals surface area contributed by atoms with Gasteiger partial charge in [-0.15, -0.1) is 0 Å². The molecule has 2 N–H and O–H groups in total. The molecule has 1 nitrogen and oxygen atoms in total. The maximum absolute atomic E-state index is 13.1. The highest BCUT2D eigenvalue weighted by atomic mass is 19.1. The highest BCUT2D eigenvalue weighted by Gasteiger charge is 2.25. The Balaban J connectivity index is 2.24. The molecular weight excluding hydrogens is 208 g/mol. The van der Waals surface area contributed by atoms with Crippen LogP contribution in [0.3, 0.4) is 0 Å². The summed E-state index contributed by atoms with van der Waals surface area (Å²) in [5.74, 6) is -0.420. The zero-order chi connectivity index (χ0) is 11.5. The van der Waals surface area contributed by atoms with Gasteiger partial charge in [-0.25, -0.2) is 8.78 Å². The highest BCUT2D eigenvalue weighted by molar-refractivity contribution is 5.23. The maximum atomic E-state index is 13.1. The van der Waals surface area contributed by atoms with E-state index in [0.717, 1.165) is 18.9 Å². The van der Waals surface area contributed by atoms with Crippen molar-refractivity contribution in [3.8, 4) is 0 Å². The predicted octanol–water partition coefficient (Wildman–Crippen LogP) is 3.20. The van der Waals surface area contributed by atoms with Gasteiger partial charge in [-0.2, -0.15) is 0 Å². The molecule has 0 bridgehead atoms. The van der Waals surface area contributed by atoms with Gasteiger partial charge in [-0.05, 0) is 48.9 Å². The average Bonchev–Trinajstić information content (AvgIpc) is 2.70. The first kappa shape index (κ1) is 11.5. The fraction of sp³-hybridized carbons (Fsp3) is 0.538. The zero-order valence-electron chi connectivity index (χ0n) is 9.26. The molecule has 1 aromatic carbocycles. The van der Waals surface area contributed by atoms with Crippen LogP contribution >= 0.6 is 0 Å². The van der Waals surface area contributed by atoms with Crippen LogP contribution in [0, 0.1) is 17.6 Å². The Morgan fingerprint density at radius 3 is 2.19 bits per heavy atom. The molecule has 0 radical (unpaired) electrons. The van der Waals surface area contributed by atoms with Gasteiger partial charge in [-0.1, -0.05) is 12.8 Å². The molecule has 1 aliphatic carbocycles. The lowest BCUT2D eigenvalue weighted by atomic mass is 9.85. The molecule has 1 saturated carbocycles. The fourth-order valence-corrected chi connectivity index (χ4v) is 2.75. The summed E-state index contributed by atoms with van der Waals surface area (Å²) in [6, 6.07) is 3.74.